The number of hydrogen-bond donors (Lipinski definition) is 3. The summed E-state index contributed by atoms with van der Waals surface area (Å²) in [5.74, 6) is -0.00667. The Morgan fingerprint density at radius 2 is 1.73 bits per heavy atom. The van der Waals surface area contributed by atoms with Crippen molar-refractivity contribution in [2.75, 3.05) is 0 Å². The largest absolute Gasteiger partial charge is 0.409 e. The van der Waals surface area contributed by atoms with Gasteiger partial charge in [0.05, 0.1) is 0 Å². The first kappa shape index (κ1) is 21.1. The molecule has 0 saturated heterocycles. The van der Waals surface area contributed by atoms with Crippen LogP contribution in [0.2, 0.25) is 0 Å². The number of carbonyl (C=O) groups is 1. The molecule has 1 amide bonds. The lowest BCUT2D eigenvalue weighted by Gasteiger charge is -2.23. The summed E-state index contributed by atoms with van der Waals surface area (Å²) in [5.41, 5.74) is 9.07. The molecule has 0 radical (unpaired) electrons. The van der Waals surface area contributed by atoms with Crippen LogP contribution in [0.5, 0.6) is 0 Å². The van der Waals surface area contributed by atoms with Gasteiger partial charge in [-0.2, -0.15) is 0 Å². The monoisotopic (exact) mass is 440 g/mol. The van der Waals surface area contributed by atoms with Gasteiger partial charge in [-0.15, -0.1) is 0 Å². The Hall–Kier alpha value is -3.80. The van der Waals surface area contributed by atoms with E-state index in [1.54, 1.807) is 6.07 Å². The van der Waals surface area contributed by atoms with Gasteiger partial charge in [0.15, 0.2) is 5.84 Å². The van der Waals surface area contributed by atoms with Crippen molar-refractivity contribution in [2.24, 2.45) is 10.9 Å². The molecule has 3 aromatic carbocycles. The average molecular weight is 441 g/mol. The first-order valence-corrected chi connectivity index (χ1v) is 11.5. The van der Waals surface area contributed by atoms with E-state index in [-0.39, 0.29) is 17.8 Å². The molecule has 1 saturated carbocycles. The Kier molecular flexibility index (Phi) is 5.73. The van der Waals surface area contributed by atoms with Crippen molar-refractivity contribution in [1.29, 1.82) is 0 Å². The Bertz CT molecular complexity index is 1350. The van der Waals surface area contributed by atoms with Crippen LogP contribution in [0.15, 0.2) is 71.9 Å². The van der Waals surface area contributed by atoms with E-state index in [4.69, 9.17) is 10.9 Å². The number of fused-ring (bicyclic) bond motifs is 2. The molecule has 1 fully saturated rings. The zero-order valence-corrected chi connectivity index (χ0v) is 18.5. The van der Waals surface area contributed by atoms with Crippen molar-refractivity contribution < 1.29 is 10.0 Å². The molecule has 4 N–H and O–H groups in total. The molecule has 0 atom stereocenters. The topological polar surface area (TPSA) is 92.6 Å². The predicted octanol–water partition coefficient (Wildman–Crippen LogP) is 5.00. The van der Waals surface area contributed by atoms with E-state index < -0.39 is 0 Å². The third-order valence-electron chi connectivity index (χ3n) is 6.64. The molecule has 1 heterocycles. The number of nitrogens with two attached hydrogens (primary N) is 1. The molecule has 6 nitrogen and oxygen atoms in total. The number of amidine groups is 1. The van der Waals surface area contributed by atoms with Gasteiger partial charge >= 0.3 is 0 Å². The van der Waals surface area contributed by atoms with E-state index in [9.17, 15) is 4.79 Å². The number of hydrogen-bond acceptors (Lipinski definition) is 3. The standard InChI is InChI=1S/C27H28N4O2/c28-26(30-33)22-13-12-21-15-25(27(32)29-23-8-2-1-3-9-23)31(24(21)16-22)17-18-10-11-19-6-4-5-7-20(19)14-18/h4-7,10-16,23,33H,1-3,8-9,17H2,(H2,28,30)(H,29,32). The second kappa shape index (κ2) is 8.98. The number of rotatable bonds is 5. The highest BCUT2D eigenvalue weighted by Gasteiger charge is 2.21. The van der Waals surface area contributed by atoms with Crippen LogP contribution in [0, 0.1) is 0 Å². The molecule has 1 aromatic heterocycles. The number of carbonyl (C=O) groups excluding carboxylic acids is 1. The maximum Gasteiger partial charge on any atom is 0.268 e. The second-order valence-electron chi connectivity index (χ2n) is 8.86. The molecule has 5 rings (SSSR count). The fraction of sp³-hybridized carbons (Fsp3) is 0.259. The number of aromatic nitrogens is 1. The smallest absolute Gasteiger partial charge is 0.268 e. The van der Waals surface area contributed by atoms with Crippen molar-refractivity contribution in [2.45, 2.75) is 44.7 Å². The van der Waals surface area contributed by atoms with Gasteiger partial charge in [0.1, 0.15) is 5.69 Å². The van der Waals surface area contributed by atoms with Crippen LogP contribution in [0.1, 0.15) is 53.7 Å². The van der Waals surface area contributed by atoms with E-state index >= 15 is 0 Å². The minimum atomic E-state index is -0.0516. The van der Waals surface area contributed by atoms with Crippen molar-refractivity contribution in [3.8, 4) is 0 Å². The maximum absolute atomic E-state index is 13.4. The quantitative estimate of drug-likeness (QED) is 0.176. The number of nitrogens with zero attached hydrogens (tertiary/aromatic N) is 2. The van der Waals surface area contributed by atoms with Crippen molar-refractivity contribution in [3.05, 3.63) is 83.6 Å². The molecule has 1 aliphatic carbocycles. The molecule has 4 aromatic rings. The summed E-state index contributed by atoms with van der Waals surface area (Å²) in [6.45, 7) is 0.543. The molecule has 6 heteroatoms. The van der Waals surface area contributed by atoms with Crippen molar-refractivity contribution >= 4 is 33.4 Å². The predicted molar refractivity (Wildman–Crippen MR) is 132 cm³/mol. The Morgan fingerprint density at radius 1 is 0.970 bits per heavy atom. The highest BCUT2D eigenvalue weighted by molar-refractivity contribution is 6.03. The number of amides is 1. The van der Waals surface area contributed by atoms with E-state index in [1.807, 2.05) is 34.9 Å². The summed E-state index contributed by atoms with van der Waals surface area (Å²) in [4.78, 5) is 13.4. The zero-order chi connectivity index (χ0) is 22.8. The van der Waals surface area contributed by atoms with Crippen LogP contribution in [0.4, 0.5) is 0 Å². The van der Waals surface area contributed by atoms with Crippen LogP contribution >= 0.6 is 0 Å². The van der Waals surface area contributed by atoms with Gasteiger partial charge in [-0.25, -0.2) is 0 Å². The van der Waals surface area contributed by atoms with Crippen molar-refractivity contribution in [1.82, 2.24) is 9.88 Å². The summed E-state index contributed by atoms with van der Waals surface area (Å²) in [6, 6.07) is 22.4. The number of benzene rings is 3. The van der Waals surface area contributed by atoms with Gasteiger partial charge in [-0.3, -0.25) is 4.79 Å². The van der Waals surface area contributed by atoms with Crippen LogP contribution < -0.4 is 11.1 Å². The first-order chi connectivity index (χ1) is 16.1. The number of oxime groups is 1. The van der Waals surface area contributed by atoms with Gasteiger partial charge in [0.2, 0.25) is 0 Å². The molecule has 168 valence electrons. The second-order valence-corrected chi connectivity index (χ2v) is 8.86. The fourth-order valence-corrected chi connectivity index (χ4v) is 4.86. The van der Waals surface area contributed by atoms with Gasteiger partial charge in [-0.1, -0.05) is 72.9 Å². The molecule has 0 spiro atoms. The van der Waals surface area contributed by atoms with Crippen molar-refractivity contribution in [3.63, 3.8) is 0 Å². The normalized spacial score (nSPS) is 15.2. The van der Waals surface area contributed by atoms with E-state index in [2.05, 4.69) is 40.8 Å². The van der Waals surface area contributed by atoms with Crippen LogP contribution in [0.25, 0.3) is 21.7 Å². The molecule has 0 aliphatic heterocycles. The molecule has 1 aliphatic rings. The summed E-state index contributed by atoms with van der Waals surface area (Å²) in [7, 11) is 0. The van der Waals surface area contributed by atoms with Gasteiger partial charge in [0.25, 0.3) is 5.91 Å². The molecule has 0 unspecified atom stereocenters. The Balaban J connectivity index is 1.57. The summed E-state index contributed by atoms with van der Waals surface area (Å²) >= 11 is 0. The summed E-state index contributed by atoms with van der Waals surface area (Å²) in [5, 5.41) is 18.8. The molecule has 0 bridgehead atoms. The Morgan fingerprint density at radius 3 is 2.52 bits per heavy atom. The highest BCUT2D eigenvalue weighted by Crippen LogP contribution is 2.25. The lowest BCUT2D eigenvalue weighted by Crippen LogP contribution is -2.37. The number of nitrogens with one attached hydrogen (secondary N) is 1. The minimum Gasteiger partial charge on any atom is -0.409 e. The maximum atomic E-state index is 13.4. The zero-order valence-electron chi connectivity index (χ0n) is 18.5. The average Bonchev–Trinajstić information content (AvgIpc) is 3.21. The third kappa shape index (κ3) is 4.29. The van der Waals surface area contributed by atoms with E-state index in [0.717, 1.165) is 47.5 Å². The van der Waals surface area contributed by atoms with E-state index in [0.29, 0.717) is 17.8 Å². The van der Waals surface area contributed by atoms with Gasteiger partial charge < -0.3 is 20.8 Å². The summed E-state index contributed by atoms with van der Waals surface area (Å²) in [6.07, 6.45) is 5.63. The molecular formula is C27H28N4O2. The fourth-order valence-electron chi connectivity index (χ4n) is 4.86. The lowest BCUT2D eigenvalue weighted by molar-refractivity contribution is 0.0919. The highest BCUT2D eigenvalue weighted by atomic mass is 16.4. The SMILES string of the molecule is N/C(=N\O)c1ccc2cc(C(=O)NC3CCCCC3)n(Cc3ccc4ccccc4c3)c2c1. The van der Waals surface area contributed by atoms with E-state index in [1.165, 1.54) is 11.8 Å². The Labute approximate surface area is 192 Å². The van der Waals surface area contributed by atoms with Crippen LogP contribution in [-0.4, -0.2) is 27.6 Å². The summed E-state index contributed by atoms with van der Waals surface area (Å²) < 4.78 is 2.03. The van der Waals surface area contributed by atoms with Gasteiger partial charge in [0, 0.05) is 29.1 Å². The lowest BCUT2D eigenvalue weighted by atomic mass is 9.95. The molecule has 33 heavy (non-hydrogen) atoms. The third-order valence-corrected chi connectivity index (χ3v) is 6.64. The minimum absolute atomic E-state index is 0.0450. The first-order valence-electron chi connectivity index (χ1n) is 11.5. The van der Waals surface area contributed by atoms with Gasteiger partial charge in [-0.05, 0) is 47.4 Å². The van der Waals surface area contributed by atoms with Crippen LogP contribution in [0.3, 0.4) is 0 Å². The molecular weight excluding hydrogens is 412 g/mol. The van der Waals surface area contributed by atoms with Crippen LogP contribution in [-0.2, 0) is 6.54 Å².